The highest BCUT2D eigenvalue weighted by Gasteiger charge is 2.11. The summed E-state index contributed by atoms with van der Waals surface area (Å²) >= 11 is 7.98. The molecule has 0 radical (unpaired) electrons. The molecule has 0 bridgehead atoms. The standard InChI is InChI=1S/C14H14ClN3S/c1-9-11(14(15)18(2)17-9)8-19-13-7-10-5-3-4-6-12(10)16-13/h3-7,16H,8H2,1-2H3. The molecule has 1 aromatic carbocycles. The van der Waals surface area contributed by atoms with Crippen LogP contribution in [0.1, 0.15) is 11.3 Å². The Kier molecular flexibility index (Phi) is 3.29. The van der Waals surface area contributed by atoms with Gasteiger partial charge in [0, 0.05) is 29.3 Å². The van der Waals surface area contributed by atoms with Gasteiger partial charge in [0.05, 0.1) is 10.7 Å². The summed E-state index contributed by atoms with van der Waals surface area (Å²) in [5.41, 5.74) is 3.27. The second-order valence-electron chi connectivity index (χ2n) is 4.49. The number of hydrogen-bond donors (Lipinski definition) is 1. The van der Waals surface area contributed by atoms with Crippen molar-refractivity contribution in [1.29, 1.82) is 0 Å². The van der Waals surface area contributed by atoms with Gasteiger partial charge in [-0.25, -0.2) is 0 Å². The number of fused-ring (bicyclic) bond motifs is 1. The number of benzene rings is 1. The molecule has 3 rings (SSSR count). The Morgan fingerprint density at radius 2 is 2.16 bits per heavy atom. The van der Waals surface area contributed by atoms with E-state index in [9.17, 15) is 0 Å². The van der Waals surface area contributed by atoms with Gasteiger partial charge in [-0.05, 0) is 19.1 Å². The molecule has 2 heterocycles. The van der Waals surface area contributed by atoms with Crippen molar-refractivity contribution in [3.05, 3.63) is 46.7 Å². The number of halogens is 1. The number of H-pyrrole nitrogens is 1. The molecule has 0 unspecified atom stereocenters. The summed E-state index contributed by atoms with van der Waals surface area (Å²) in [4.78, 5) is 3.40. The summed E-state index contributed by atoms with van der Waals surface area (Å²) in [6.45, 7) is 1.99. The highest BCUT2D eigenvalue weighted by Crippen LogP contribution is 2.29. The molecule has 0 spiro atoms. The van der Waals surface area contributed by atoms with Crippen molar-refractivity contribution in [2.24, 2.45) is 7.05 Å². The zero-order valence-corrected chi connectivity index (χ0v) is 12.3. The van der Waals surface area contributed by atoms with Crippen molar-refractivity contribution >= 4 is 34.3 Å². The third-order valence-electron chi connectivity index (χ3n) is 3.15. The molecule has 5 heteroatoms. The maximum atomic E-state index is 6.24. The number of nitrogens with one attached hydrogen (secondary N) is 1. The third-order valence-corrected chi connectivity index (χ3v) is 4.58. The Morgan fingerprint density at radius 1 is 1.37 bits per heavy atom. The molecule has 0 aliphatic heterocycles. The van der Waals surface area contributed by atoms with Crippen LogP contribution in [-0.4, -0.2) is 14.8 Å². The Labute approximate surface area is 121 Å². The van der Waals surface area contributed by atoms with E-state index in [0.717, 1.165) is 27.2 Å². The lowest BCUT2D eigenvalue weighted by Crippen LogP contribution is -1.89. The van der Waals surface area contributed by atoms with Gasteiger partial charge in [0.15, 0.2) is 0 Å². The van der Waals surface area contributed by atoms with E-state index in [1.165, 1.54) is 10.9 Å². The zero-order chi connectivity index (χ0) is 13.4. The Balaban J connectivity index is 1.82. The molecule has 0 aliphatic carbocycles. The zero-order valence-electron chi connectivity index (χ0n) is 10.8. The predicted molar refractivity (Wildman–Crippen MR) is 80.8 cm³/mol. The number of thioether (sulfide) groups is 1. The number of aromatic nitrogens is 3. The van der Waals surface area contributed by atoms with Gasteiger partial charge in [0.25, 0.3) is 0 Å². The van der Waals surface area contributed by atoms with Crippen LogP contribution < -0.4 is 0 Å². The third kappa shape index (κ3) is 2.38. The van der Waals surface area contributed by atoms with Gasteiger partial charge in [0.1, 0.15) is 5.15 Å². The van der Waals surface area contributed by atoms with Gasteiger partial charge in [-0.2, -0.15) is 5.10 Å². The summed E-state index contributed by atoms with van der Waals surface area (Å²) < 4.78 is 1.72. The molecule has 0 saturated heterocycles. The molecular weight excluding hydrogens is 278 g/mol. The molecular formula is C14H14ClN3S. The van der Waals surface area contributed by atoms with E-state index in [4.69, 9.17) is 11.6 Å². The monoisotopic (exact) mass is 291 g/mol. The minimum Gasteiger partial charge on any atom is -0.350 e. The smallest absolute Gasteiger partial charge is 0.131 e. The molecule has 3 nitrogen and oxygen atoms in total. The van der Waals surface area contributed by atoms with E-state index in [1.54, 1.807) is 16.4 Å². The number of aryl methyl sites for hydroxylation is 2. The van der Waals surface area contributed by atoms with Crippen molar-refractivity contribution in [2.75, 3.05) is 0 Å². The van der Waals surface area contributed by atoms with Gasteiger partial charge in [-0.15, -0.1) is 11.8 Å². The second kappa shape index (κ2) is 4.94. The van der Waals surface area contributed by atoms with Crippen molar-refractivity contribution < 1.29 is 0 Å². The van der Waals surface area contributed by atoms with Crippen LogP contribution in [-0.2, 0) is 12.8 Å². The largest absolute Gasteiger partial charge is 0.350 e. The lowest BCUT2D eigenvalue weighted by Gasteiger charge is -1.99. The number of aromatic amines is 1. The van der Waals surface area contributed by atoms with Crippen LogP contribution in [0.15, 0.2) is 35.4 Å². The van der Waals surface area contributed by atoms with Crippen LogP contribution >= 0.6 is 23.4 Å². The average Bonchev–Trinajstić information content (AvgIpc) is 2.90. The second-order valence-corrected chi connectivity index (χ2v) is 5.86. The fraction of sp³-hybridized carbons (Fsp3) is 0.214. The molecule has 3 aromatic rings. The molecule has 1 N–H and O–H groups in total. The van der Waals surface area contributed by atoms with Crippen molar-refractivity contribution in [3.63, 3.8) is 0 Å². The molecule has 2 aromatic heterocycles. The molecule has 0 aliphatic rings. The Bertz CT molecular complexity index is 696. The first-order chi connectivity index (χ1) is 9.15. The van der Waals surface area contributed by atoms with Gasteiger partial charge >= 0.3 is 0 Å². The molecule has 0 amide bonds. The Hall–Kier alpha value is -1.39. The number of para-hydroxylation sites is 1. The predicted octanol–water partition coefficient (Wildman–Crippen LogP) is 4.16. The van der Waals surface area contributed by atoms with Gasteiger partial charge < -0.3 is 4.98 Å². The summed E-state index contributed by atoms with van der Waals surface area (Å²) in [5, 5.41) is 7.44. The van der Waals surface area contributed by atoms with Gasteiger partial charge in [-0.3, -0.25) is 4.68 Å². The molecule has 19 heavy (non-hydrogen) atoms. The maximum absolute atomic E-state index is 6.24. The Morgan fingerprint density at radius 3 is 2.84 bits per heavy atom. The van der Waals surface area contributed by atoms with E-state index in [1.807, 2.05) is 26.1 Å². The topological polar surface area (TPSA) is 33.6 Å². The van der Waals surface area contributed by atoms with Crippen molar-refractivity contribution in [2.45, 2.75) is 17.7 Å². The summed E-state index contributed by atoms with van der Waals surface area (Å²) in [5.74, 6) is 0.825. The molecule has 0 atom stereocenters. The lowest BCUT2D eigenvalue weighted by molar-refractivity contribution is 0.757. The SMILES string of the molecule is Cc1nn(C)c(Cl)c1CSc1cc2ccccc2[nH]1. The number of nitrogens with zero attached hydrogens (tertiary/aromatic N) is 2. The lowest BCUT2D eigenvalue weighted by atomic mass is 10.3. The summed E-state index contributed by atoms with van der Waals surface area (Å²) in [6.07, 6.45) is 0. The van der Waals surface area contributed by atoms with Crippen molar-refractivity contribution in [1.82, 2.24) is 14.8 Å². The molecule has 0 saturated carbocycles. The number of hydrogen-bond acceptors (Lipinski definition) is 2. The normalized spacial score (nSPS) is 11.3. The van der Waals surface area contributed by atoms with E-state index in [0.29, 0.717) is 0 Å². The molecule has 0 fully saturated rings. The van der Waals surface area contributed by atoms with E-state index < -0.39 is 0 Å². The van der Waals surface area contributed by atoms with Crippen LogP contribution in [0.4, 0.5) is 0 Å². The van der Waals surface area contributed by atoms with Crippen LogP contribution in [0.5, 0.6) is 0 Å². The first kappa shape index (κ1) is 12.6. The summed E-state index contributed by atoms with van der Waals surface area (Å²) in [7, 11) is 1.87. The van der Waals surface area contributed by atoms with E-state index in [2.05, 4.69) is 28.3 Å². The van der Waals surface area contributed by atoms with Crippen LogP contribution in [0.25, 0.3) is 10.9 Å². The quantitative estimate of drug-likeness (QED) is 0.735. The fourth-order valence-electron chi connectivity index (χ4n) is 2.11. The summed E-state index contributed by atoms with van der Waals surface area (Å²) in [6, 6.07) is 10.4. The highest BCUT2D eigenvalue weighted by molar-refractivity contribution is 7.98. The van der Waals surface area contributed by atoms with Crippen LogP contribution in [0.3, 0.4) is 0 Å². The van der Waals surface area contributed by atoms with Gasteiger partial charge in [0.2, 0.25) is 0 Å². The van der Waals surface area contributed by atoms with E-state index >= 15 is 0 Å². The fourth-order valence-corrected chi connectivity index (χ4v) is 3.47. The van der Waals surface area contributed by atoms with Gasteiger partial charge in [-0.1, -0.05) is 29.8 Å². The average molecular weight is 292 g/mol. The highest BCUT2D eigenvalue weighted by atomic mass is 35.5. The minimum atomic E-state index is 0.723. The van der Waals surface area contributed by atoms with Crippen molar-refractivity contribution in [3.8, 4) is 0 Å². The minimum absolute atomic E-state index is 0.723. The maximum Gasteiger partial charge on any atom is 0.131 e. The first-order valence-corrected chi connectivity index (χ1v) is 7.40. The number of rotatable bonds is 3. The first-order valence-electron chi connectivity index (χ1n) is 6.03. The van der Waals surface area contributed by atoms with Crippen LogP contribution in [0, 0.1) is 6.92 Å². The van der Waals surface area contributed by atoms with Crippen LogP contribution in [0.2, 0.25) is 5.15 Å². The molecule has 98 valence electrons. The van der Waals surface area contributed by atoms with E-state index in [-0.39, 0.29) is 0 Å².